The van der Waals surface area contributed by atoms with Crippen LogP contribution in [0.3, 0.4) is 0 Å². The molecule has 0 radical (unpaired) electrons. The summed E-state index contributed by atoms with van der Waals surface area (Å²) in [5.41, 5.74) is 3.31. The highest BCUT2D eigenvalue weighted by atomic mass is 35.5. The minimum absolute atomic E-state index is 0.0633. The highest BCUT2D eigenvalue weighted by molar-refractivity contribution is 8.00. The van der Waals surface area contributed by atoms with Gasteiger partial charge in [0.25, 0.3) is 0 Å². The van der Waals surface area contributed by atoms with E-state index in [0.29, 0.717) is 10.0 Å². The monoisotopic (exact) mass is 491 g/mol. The van der Waals surface area contributed by atoms with E-state index in [0.717, 1.165) is 37.7 Å². The summed E-state index contributed by atoms with van der Waals surface area (Å²) in [5, 5.41) is 5.18. The number of benzene rings is 1. The molecule has 0 saturated carbocycles. The van der Waals surface area contributed by atoms with Gasteiger partial charge in [0, 0.05) is 24.9 Å². The van der Waals surface area contributed by atoms with Crippen molar-refractivity contribution in [2.45, 2.75) is 36.9 Å². The van der Waals surface area contributed by atoms with Crippen LogP contribution in [0.5, 0.6) is 0 Å². The quantitative estimate of drug-likeness (QED) is 0.351. The van der Waals surface area contributed by atoms with Crippen molar-refractivity contribution >= 4 is 58.3 Å². The Morgan fingerprint density at radius 1 is 1.35 bits per heavy atom. The van der Waals surface area contributed by atoms with E-state index in [9.17, 15) is 14.0 Å². The number of thiocarbonyl (C=S) groups is 1. The number of hydrogen-bond acceptors (Lipinski definition) is 8. The van der Waals surface area contributed by atoms with Gasteiger partial charge in [-0.3, -0.25) is 14.6 Å². The second kappa shape index (κ2) is 11.3. The van der Waals surface area contributed by atoms with Crippen LogP contribution in [0.25, 0.3) is 0 Å². The maximum absolute atomic E-state index is 14.4. The summed E-state index contributed by atoms with van der Waals surface area (Å²) >= 11 is 12.6. The lowest BCUT2D eigenvalue weighted by molar-refractivity contribution is -0.160. The summed E-state index contributed by atoms with van der Waals surface area (Å²) in [4.78, 5) is 23.9. The minimum atomic E-state index is -0.660. The van der Waals surface area contributed by atoms with E-state index in [1.54, 1.807) is 5.01 Å². The van der Waals surface area contributed by atoms with Gasteiger partial charge in [-0.15, -0.1) is 11.8 Å². The molecular weight excluding hydrogens is 469 g/mol. The molecule has 31 heavy (non-hydrogen) atoms. The number of thioether (sulfide) groups is 1. The fraction of sp³-hybridized carbons (Fsp3) is 0.526. The lowest BCUT2D eigenvalue weighted by Crippen LogP contribution is -2.48. The van der Waals surface area contributed by atoms with E-state index in [1.807, 2.05) is 0 Å². The van der Waals surface area contributed by atoms with Crippen molar-refractivity contribution < 1.29 is 28.2 Å². The van der Waals surface area contributed by atoms with Crippen LogP contribution in [0.1, 0.15) is 19.8 Å². The van der Waals surface area contributed by atoms with Crippen molar-refractivity contribution in [2.24, 2.45) is 0 Å². The SMILES string of the molecule is CC(=O)OC1COCC1OC(=O)CSc1cc(NC(=S)N2CCCCN2)c(F)cc1Cl. The number of carbonyl (C=O) groups is 2. The van der Waals surface area contributed by atoms with Crippen LogP contribution < -0.4 is 10.7 Å². The molecule has 0 amide bonds. The predicted molar refractivity (Wildman–Crippen MR) is 119 cm³/mol. The maximum Gasteiger partial charge on any atom is 0.316 e. The summed E-state index contributed by atoms with van der Waals surface area (Å²) in [6, 6.07) is 2.68. The molecule has 0 aromatic heterocycles. The summed E-state index contributed by atoms with van der Waals surface area (Å²) < 4.78 is 30.0. The largest absolute Gasteiger partial charge is 0.456 e. The molecule has 2 aliphatic rings. The second-order valence-electron chi connectivity index (χ2n) is 6.96. The Balaban J connectivity index is 1.57. The first-order valence-corrected chi connectivity index (χ1v) is 11.5. The lowest BCUT2D eigenvalue weighted by Gasteiger charge is -2.30. The van der Waals surface area contributed by atoms with Crippen LogP contribution in [-0.2, 0) is 23.8 Å². The highest BCUT2D eigenvalue weighted by Gasteiger charge is 2.34. The Labute approximate surface area is 194 Å². The van der Waals surface area contributed by atoms with Crippen LogP contribution in [0, 0.1) is 5.82 Å². The third-order valence-corrected chi connectivity index (χ3v) is 6.32. The van der Waals surface area contributed by atoms with Crippen molar-refractivity contribution in [1.82, 2.24) is 10.4 Å². The number of nitrogens with zero attached hydrogens (tertiary/aromatic N) is 1. The third kappa shape index (κ3) is 6.91. The number of nitrogens with one attached hydrogen (secondary N) is 2. The van der Waals surface area contributed by atoms with Crippen molar-refractivity contribution in [2.75, 3.05) is 37.4 Å². The van der Waals surface area contributed by atoms with E-state index in [4.69, 9.17) is 38.0 Å². The first-order valence-electron chi connectivity index (χ1n) is 9.72. The number of ether oxygens (including phenoxy) is 3. The standard InChI is InChI=1S/C19H23ClFN3O5S2/c1-11(25)28-15-8-27-9-16(15)29-18(26)10-31-17-7-14(13(21)6-12(17)20)23-19(30)24-5-3-2-4-22-24/h6-7,15-16,22H,2-5,8-10H2,1H3,(H,23,30). The molecule has 3 rings (SSSR count). The zero-order chi connectivity index (χ0) is 22.4. The summed E-state index contributed by atoms with van der Waals surface area (Å²) in [7, 11) is 0. The average molecular weight is 492 g/mol. The average Bonchev–Trinajstić information content (AvgIpc) is 3.15. The van der Waals surface area contributed by atoms with E-state index < -0.39 is 30.0 Å². The molecule has 8 nitrogen and oxygen atoms in total. The van der Waals surface area contributed by atoms with E-state index in [1.165, 1.54) is 19.1 Å². The first-order chi connectivity index (χ1) is 14.8. The number of hydrogen-bond donors (Lipinski definition) is 2. The molecule has 2 heterocycles. The number of anilines is 1. The smallest absolute Gasteiger partial charge is 0.316 e. The van der Waals surface area contributed by atoms with Crippen molar-refractivity contribution in [1.29, 1.82) is 0 Å². The topological polar surface area (TPSA) is 89.1 Å². The normalized spacial score (nSPS) is 20.9. The zero-order valence-electron chi connectivity index (χ0n) is 16.8. The number of halogens is 2. The van der Waals surface area contributed by atoms with Gasteiger partial charge in [0.1, 0.15) is 5.82 Å². The van der Waals surface area contributed by atoms with Crippen LogP contribution >= 0.6 is 35.6 Å². The molecule has 1 aromatic carbocycles. The number of hydrazine groups is 1. The van der Waals surface area contributed by atoms with Gasteiger partial charge >= 0.3 is 11.9 Å². The van der Waals surface area contributed by atoms with Crippen molar-refractivity contribution in [3.05, 3.63) is 23.0 Å². The number of rotatable bonds is 6. The maximum atomic E-state index is 14.4. The van der Waals surface area contributed by atoms with Crippen molar-refractivity contribution in [3.8, 4) is 0 Å². The van der Waals surface area contributed by atoms with Gasteiger partial charge in [0.2, 0.25) is 0 Å². The number of esters is 2. The molecule has 2 atom stereocenters. The highest BCUT2D eigenvalue weighted by Crippen LogP contribution is 2.32. The summed E-state index contributed by atoms with van der Waals surface area (Å²) in [5.74, 6) is -1.61. The summed E-state index contributed by atoms with van der Waals surface area (Å²) in [6.45, 7) is 3.14. The number of carbonyl (C=O) groups excluding carboxylic acids is 2. The molecular formula is C19H23ClFN3O5S2. The Morgan fingerprint density at radius 3 is 2.77 bits per heavy atom. The van der Waals surface area contributed by atoms with Gasteiger partial charge < -0.3 is 19.5 Å². The van der Waals surface area contributed by atoms with Gasteiger partial charge in [-0.2, -0.15) is 0 Å². The lowest BCUT2D eigenvalue weighted by atomic mass is 10.2. The van der Waals surface area contributed by atoms with Crippen LogP contribution in [-0.4, -0.2) is 66.3 Å². The Morgan fingerprint density at radius 2 is 2.10 bits per heavy atom. The molecule has 2 saturated heterocycles. The fourth-order valence-corrected chi connectivity index (χ4v) is 4.39. The van der Waals surface area contributed by atoms with E-state index in [-0.39, 0.29) is 29.7 Å². The Kier molecular flexibility index (Phi) is 8.73. The van der Waals surface area contributed by atoms with Crippen LogP contribution in [0.4, 0.5) is 10.1 Å². The molecule has 0 aliphatic carbocycles. The van der Waals surface area contributed by atoms with E-state index >= 15 is 0 Å². The molecule has 12 heteroatoms. The molecule has 2 unspecified atom stereocenters. The molecule has 0 spiro atoms. The van der Waals surface area contributed by atoms with Crippen molar-refractivity contribution in [3.63, 3.8) is 0 Å². The third-order valence-electron chi connectivity index (χ3n) is 4.54. The first kappa shape index (κ1) is 24.0. The molecule has 2 aliphatic heterocycles. The Hall–Kier alpha value is -1.66. The van der Waals surface area contributed by atoms with Gasteiger partial charge in [0.05, 0.1) is 29.7 Å². The molecule has 2 N–H and O–H groups in total. The second-order valence-corrected chi connectivity index (χ2v) is 8.77. The van der Waals surface area contributed by atoms with Crippen LogP contribution in [0.15, 0.2) is 17.0 Å². The van der Waals surface area contributed by atoms with E-state index in [2.05, 4.69) is 10.7 Å². The molecule has 1 aromatic rings. The fourth-order valence-electron chi connectivity index (χ4n) is 3.07. The molecule has 170 valence electrons. The van der Waals surface area contributed by atoms with Gasteiger partial charge in [-0.25, -0.2) is 9.82 Å². The van der Waals surface area contributed by atoms with Gasteiger partial charge in [-0.1, -0.05) is 11.6 Å². The Bertz CT molecular complexity index is 841. The summed E-state index contributed by atoms with van der Waals surface area (Å²) in [6.07, 6.45) is 0.763. The zero-order valence-corrected chi connectivity index (χ0v) is 19.2. The molecule has 0 bridgehead atoms. The van der Waals surface area contributed by atoms with Gasteiger partial charge in [-0.05, 0) is 37.2 Å². The minimum Gasteiger partial charge on any atom is -0.456 e. The van der Waals surface area contributed by atoms with Crippen LogP contribution in [0.2, 0.25) is 5.02 Å². The predicted octanol–water partition coefficient (Wildman–Crippen LogP) is 2.74. The van der Waals surface area contributed by atoms with Gasteiger partial charge in [0.15, 0.2) is 17.3 Å². The molecule has 2 fully saturated rings.